The molecule has 2 nitrogen and oxygen atoms in total. The molecule has 3 heteroatoms. The van der Waals surface area contributed by atoms with Crippen molar-refractivity contribution < 1.29 is 4.79 Å². The molecule has 0 aromatic carbocycles. The number of carbonyl (C=O) groups excluding carboxylic acids is 1. The number of hydrogen-bond donors (Lipinski definition) is 1. The van der Waals surface area contributed by atoms with Crippen LogP contribution < -0.4 is 0 Å². The zero-order valence-electron chi connectivity index (χ0n) is 6.00. The van der Waals surface area contributed by atoms with Crippen molar-refractivity contribution in [3.8, 4) is 0 Å². The topological polar surface area (TPSA) is 20.3 Å². The Bertz CT molecular complexity index is 176. The van der Waals surface area contributed by atoms with Crippen LogP contribution in [0.2, 0.25) is 0 Å². The van der Waals surface area contributed by atoms with Crippen LogP contribution in [0.5, 0.6) is 0 Å². The van der Waals surface area contributed by atoms with Gasteiger partial charge >= 0.3 is 0 Å². The maximum Gasteiger partial charge on any atom is 0.156 e. The second kappa shape index (κ2) is 3.21. The molecule has 10 heavy (non-hydrogen) atoms. The molecule has 0 saturated carbocycles. The summed E-state index contributed by atoms with van der Waals surface area (Å²) in [4.78, 5) is 10.8. The Labute approximate surface area is 66.4 Å². The summed E-state index contributed by atoms with van der Waals surface area (Å²) in [6, 6.07) is 0. The summed E-state index contributed by atoms with van der Waals surface area (Å²) in [5, 5.41) is 0. The van der Waals surface area contributed by atoms with Gasteiger partial charge in [0.1, 0.15) is 0 Å². The molecule has 0 fully saturated rings. The van der Waals surface area contributed by atoms with Crippen LogP contribution in [-0.2, 0) is 4.79 Å². The lowest BCUT2D eigenvalue weighted by atomic mass is 10.1. The third kappa shape index (κ3) is 1.85. The Morgan fingerprint density at radius 3 is 2.90 bits per heavy atom. The molecule has 1 rings (SSSR count). The highest BCUT2D eigenvalue weighted by molar-refractivity contribution is 7.77. The first-order valence-electron chi connectivity index (χ1n) is 3.34. The van der Waals surface area contributed by atoms with Gasteiger partial charge in [-0.05, 0) is 13.3 Å². The van der Waals surface area contributed by atoms with E-state index in [1.807, 2.05) is 10.4 Å². The lowest BCUT2D eigenvalue weighted by Crippen LogP contribution is -2.23. The van der Waals surface area contributed by atoms with Crippen LogP contribution in [0.4, 0.5) is 0 Å². The second-order valence-electron chi connectivity index (χ2n) is 2.46. The molecule has 0 spiro atoms. The molecule has 1 heterocycles. The number of thiol groups is 1. The number of carbonyl (C=O) groups is 1. The molecule has 0 atom stereocenters. The number of rotatable bonds is 1. The number of Topliss-reactive ketones (excluding diaryl/α,β-unsaturated/α-hetero) is 1. The van der Waals surface area contributed by atoms with Crippen molar-refractivity contribution in [2.45, 2.75) is 13.3 Å². The Kier molecular flexibility index (Phi) is 2.51. The monoisotopic (exact) mass is 157 g/mol. The van der Waals surface area contributed by atoms with Crippen LogP contribution in [0.15, 0.2) is 11.6 Å². The summed E-state index contributed by atoms with van der Waals surface area (Å²) >= 11 is 4.16. The van der Waals surface area contributed by atoms with Gasteiger partial charge in [0.2, 0.25) is 0 Å². The summed E-state index contributed by atoms with van der Waals surface area (Å²) in [5.74, 6) is 0.166. The van der Waals surface area contributed by atoms with Crippen LogP contribution >= 0.6 is 12.8 Å². The summed E-state index contributed by atoms with van der Waals surface area (Å²) < 4.78 is 1.86. The number of nitrogens with zero attached hydrogens (tertiary/aromatic N) is 1. The van der Waals surface area contributed by atoms with Gasteiger partial charge in [-0.3, -0.25) is 4.79 Å². The molecule has 0 amide bonds. The van der Waals surface area contributed by atoms with Crippen molar-refractivity contribution >= 4 is 18.6 Å². The minimum Gasteiger partial charge on any atom is -0.295 e. The van der Waals surface area contributed by atoms with Crippen molar-refractivity contribution in [3.63, 3.8) is 0 Å². The highest BCUT2D eigenvalue weighted by atomic mass is 32.1. The van der Waals surface area contributed by atoms with E-state index in [0.717, 1.165) is 18.5 Å². The van der Waals surface area contributed by atoms with Gasteiger partial charge in [0, 0.05) is 18.7 Å². The third-order valence-corrected chi connectivity index (χ3v) is 1.92. The smallest absolute Gasteiger partial charge is 0.156 e. The third-order valence-electron chi connectivity index (χ3n) is 1.58. The van der Waals surface area contributed by atoms with Crippen LogP contribution in [0.25, 0.3) is 0 Å². The van der Waals surface area contributed by atoms with Gasteiger partial charge in [-0.1, -0.05) is 18.9 Å². The fraction of sp³-hybridized carbons (Fsp3) is 0.571. The summed E-state index contributed by atoms with van der Waals surface area (Å²) in [5.41, 5.74) is 0.890. The van der Waals surface area contributed by atoms with E-state index < -0.39 is 0 Å². The minimum absolute atomic E-state index is 0.166. The van der Waals surface area contributed by atoms with Crippen molar-refractivity contribution in [1.82, 2.24) is 4.31 Å². The zero-order chi connectivity index (χ0) is 7.56. The van der Waals surface area contributed by atoms with E-state index >= 15 is 0 Å². The lowest BCUT2D eigenvalue weighted by molar-refractivity contribution is -0.113. The highest BCUT2D eigenvalue weighted by Crippen LogP contribution is 2.11. The van der Waals surface area contributed by atoms with E-state index in [9.17, 15) is 4.79 Å². The fourth-order valence-corrected chi connectivity index (χ4v) is 1.25. The SMILES string of the molecule is CC(=O)C1=CCCN(S)C1. The molecular formula is C7H11NOS. The second-order valence-corrected chi connectivity index (χ2v) is 3.03. The summed E-state index contributed by atoms with van der Waals surface area (Å²) in [6.07, 6.45) is 2.94. The molecule has 0 aromatic rings. The van der Waals surface area contributed by atoms with Crippen molar-refractivity contribution in [1.29, 1.82) is 0 Å². The van der Waals surface area contributed by atoms with E-state index in [1.54, 1.807) is 6.92 Å². The lowest BCUT2D eigenvalue weighted by Gasteiger charge is -2.19. The van der Waals surface area contributed by atoms with E-state index in [-0.39, 0.29) is 5.78 Å². The Morgan fingerprint density at radius 1 is 1.80 bits per heavy atom. The van der Waals surface area contributed by atoms with Gasteiger partial charge in [-0.2, -0.15) is 0 Å². The molecule has 0 unspecified atom stereocenters. The first kappa shape index (κ1) is 7.82. The van der Waals surface area contributed by atoms with Gasteiger partial charge in [-0.15, -0.1) is 0 Å². The van der Waals surface area contributed by atoms with Crippen LogP contribution in [0.1, 0.15) is 13.3 Å². The van der Waals surface area contributed by atoms with Gasteiger partial charge in [-0.25, -0.2) is 4.31 Å². The number of ketones is 1. The number of hydrogen-bond acceptors (Lipinski definition) is 3. The minimum atomic E-state index is 0.166. The predicted molar refractivity (Wildman–Crippen MR) is 43.9 cm³/mol. The van der Waals surface area contributed by atoms with Crippen LogP contribution in [0.3, 0.4) is 0 Å². The van der Waals surface area contributed by atoms with Gasteiger partial charge in [0.25, 0.3) is 0 Å². The summed E-state index contributed by atoms with van der Waals surface area (Å²) in [7, 11) is 0. The fourth-order valence-electron chi connectivity index (χ4n) is 0.983. The maximum atomic E-state index is 10.8. The molecule has 1 aliphatic heterocycles. The highest BCUT2D eigenvalue weighted by Gasteiger charge is 2.11. The molecular weight excluding hydrogens is 146 g/mol. The average Bonchev–Trinajstić information content (AvgIpc) is 1.88. The molecule has 0 saturated heterocycles. The average molecular weight is 157 g/mol. The van der Waals surface area contributed by atoms with Gasteiger partial charge in [0.15, 0.2) is 5.78 Å². The Balaban J connectivity index is 2.60. The molecule has 0 aromatic heterocycles. The Hall–Kier alpha value is -0.280. The predicted octanol–water partition coefficient (Wildman–Crippen LogP) is 1.05. The maximum absolute atomic E-state index is 10.8. The standard InChI is InChI=1S/C7H11NOS/c1-6(9)7-3-2-4-8(10)5-7/h3,10H,2,4-5H2,1H3. The van der Waals surface area contributed by atoms with Crippen LogP contribution in [0, 0.1) is 0 Å². The van der Waals surface area contributed by atoms with E-state index in [0.29, 0.717) is 6.54 Å². The molecule has 0 radical (unpaired) electrons. The molecule has 0 aliphatic carbocycles. The van der Waals surface area contributed by atoms with E-state index in [1.165, 1.54) is 0 Å². The Morgan fingerprint density at radius 2 is 2.50 bits per heavy atom. The molecule has 56 valence electrons. The van der Waals surface area contributed by atoms with Crippen molar-refractivity contribution in [2.24, 2.45) is 0 Å². The first-order chi connectivity index (χ1) is 4.70. The van der Waals surface area contributed by atoms with Gasteiger partial charge in [0.05, 0.1) is 0 Å². The van der Waals surface area contributed by atoms with E-state index in [2.05, 4.69) is 12.8 Å². The normalized spacial score (nSPS) is 20.4. The largest absolute Gasteiger partial charge is 0.295 e. The molecule has 0 N–H and O–H groups in total. The first-order valence-corrected chi connectivity index (χ1v) is 3.74. The summed E-state index contributed by atoms with van der Waals surface area (Å²) in [6.45, 7) is 3.23. The quantitative estimate of drug-likeness (QED) is 0.574. The van der Waals surface area contributed by atoms with Crippen LogP contribution in [-0.4, -0.2) is 23.2 Å². The van der Waals surface area contributed by atoms with Crippen molar-refractivity contribution in [2.75, 3.05) is 13.1 Å². The van der Waals surface area contributed by atoms with Gasteiger partial charge < -0.3 is 0 Å². The zero-order valence-corrected chi connectivity index (χ0v) is 6.90. The molecule has 0 bridgehead atoms. The van der Waals surface area contributed by atoms with Crippen molar-refractivity contribution in [3.05, 3.63) is 11.6 Å². The van der Waals surface area contributed by atoms with E-state index in [4.69, 9.17) is 0 Å². The molecule has 1 aliphatic rings.